The van der Waals surface area contributed by atoms with Gasteiger partial charge in [0.25, 0.3) is 0 Å². The maximum absolute atomic E-state index is 12.1. The molecule has 2 fully saturated rings. The number of rotatable bonds is 4. The molecule has 2 amide bonds. The summed E-state index contributed by atoms with van der Waals surface area (Å²) in [4.78, 5) is 36.0. The van der Waals surface area contributed by atoms with E-state index in [1.54, 1.807) is 0 Å². The SMILES string of the molecule is CC1(C)C2C(=O)N(Cc3cn(CC(=O)O)nn3)C(=O)C21. The van der Waals surface area contributed by atoms with E-state index in [1.165, 1.54) is 11.1 Å². The molecule has 2 unspecified atom stereocenters. The number of piperidine rings is 1. The highest BCUT2D eigenvalue weighted by Crippen LogP contribution is 2.63. The second kappa shape index (κ2) is 3.87. The van der Waals surface area contributed by atoms with E-state index in [2.05, 4.69) is 10.3 Å². The van der Waals surface area contributed by atoms with Gasteiger partial charge in [0.05, 0.1) is 24.6 Å². The number of fused-ring (bicyclic) bond motifs is 1. The zero-order valence-corrected chi connectivity index (χ0v) is 11.1. The number of carboxylic acids is 1. The molecule has 1 aromatic heterocycles. The standard InChI is InChI=1S/C12H14N4O4/c1-12(2)8-9(12)11(20)16(10(8)19)4-6-3-15(14-13-6)5-7(17)18/h3,8-9H,4-5H2,1-2H3,(H,17,18). The number of hydrogen-bond donors (Lipinski definition) is 1. The fourth-order valence-electron chi connectivity index (χ4n) is 2.95. The van der Waals surface area contributed by atoms with Crippen LogP contribution in [0.1, 0.15) is 19.5 Å². The van der Waals surface area contributed by atoms with Crippen LogP contribution in [0.3, 0.4) is 0 Å². The normalized spacial score (nSPS) is 26.8. The van der Waals surface area contributed by atoms with Crippen LogP contribution in [0.15, 0.2) is 6.20 Å². The number of carbonyl (C=O) groups excluding carboxylic acids is 2. The van der Waals surface area contributed by atoms with Crippen molar-refractivity contribution >= 4 is 17.8 Å². The van der Waals surface area contributed by atoms with E-state index >= 15 is 0 Å². The van der Waals surface area contributed by atoms with Crippen molar-refractivity contribution in [2.75, 3.05) is 0 Å². The van der Waals surface area contributed by atoms with Crippen molar-refractivity contribution in [3.8, 4) is 0 Å². The molecule has 0 radical (unpaired) electrons. The Kier molecular flexibility index (Phi) is 2.47. The van der Waals surface area contributed by atoms with Gasteiger partial charge in [0, 0.05) is 0 Å². The van der Waals surface area contributed by atoms with Crippen molar-refractivity contribution in [3.63, 3.8) is 0 Å². The molecule has 1 saturated heterocycles. The molecule has 8 heteroatoms. The largest absolute Gasteiger partial charge is 0.480 e. The van der Waals surface area contributed by atoms with Crippen LogP contribution < -0.4 is 0 Å². The van der Waals surface area contributed by atoms with Crippen molar-refractivity contribution in [3.05, 3.63) is 11.9 Å². The molecule has 2 atom stereocenters. The van der Waals surface area contributed by atoms with Crippen LogP contribution in [0.5, 0.6) is 0 Å². The summed E-state index contributed by atoms with van der Waals surface area (Å²) in [5, 5.41) is 16.1. The molecule has 1 N–H and O–H groups in total. The number of aliphatic carboxylic acids is 1. The molecule has 106 valence electrons. The van der Waals surface area contributed by atoms with E-state index in [4.69, 9.17) is 5.11 Å². The topological polar surface area (TPSA) is 105 Å². The van der Waals surface area contributed by atoms with E-state index in [9.17, 15) is 14.4 Å². The van der Waals surface area contributed by atoms with Gasteiger partial charge < -0.3 is 5.11 Å². The molecule has 0 bridgehead atoms. The Labute approximate surface area is 114 Å². The summed E-state index contributed by atoms with van der Waals surface area (Å²) >= 11 is 0. The van der Waals surface area contributed by atoms with Crippen LogP contribution in [0.4, 0.5) is 0 Å². The average Bonchev–Trinajstić information content (AvgIpc) is 2.64. The maximum atomic E-state index is 12.1. The summed E-state index contributed by atoms with van der Waals surface area (Å²) in [5.41, 5.74) is 0.179. The average molecular weight is 278 g/mol. The van der Waals surface area contributed by atoms with Crippen LogP contribution >= 0.6 is 0 Å². The highest BCUT2D eigenvalue weighted by Gasteiger charge is 2.72. The van der Waals surface area contributed by atoms with Gasteiger partial charge in [-0.3, -0.25) is 19.3 Å². The number of aromatic nitrogens is 3. The molecule has 8 nitrogen and oxygen atoms in total. The molecule has 3 rings (SSSR count). The smallest absolute Gasteiger partial charge is 0.325 e. The zero-order chi connectivity index (χ0) is 14.7. The first-order chi connectivity index (χ1) is 9.32. The van der Waals surface area contributed by atoms with Crippen LogP contribution in [0.25, 0.3) is 0 Å². The highest BCUT2D eigenvalue weighted by molar-refractivity contribution is 6.10. The van der Waals surface area contributed by atoms with Gasteiger partial charge in [-0.15, -0.1) is 5.10 Å². The monoisotopic (exact) mass is 278 g/mol. The molecule has 1 aromatic rings. The lowest BCUT2D eigenvalue weighted by Gasteiger charge is -2.19. The van der Waals surface area contributed by atoms with Gasteiger partial charge in [0.15, 0.2) is 0 Å². The number of imide groups is 1. The molecular formula is C12H14N4O4. The summed E-state index contributed by atoms with van der Waals surface area (Å²) in [6, 6.07) is 0. The first kappa shape index (κ1) is 12.8. The number of carbonyl (C=O) groups is 3. The molecular weight excluding hydrogens is 264 g/mol. The lowest BCUT2D eigenvalue weighted by atomic mass is 10.1. The number of hydrogen-bond acceptors (Lipinski definition) is 5. The lowest BCUT2D eigenvalue weighted by Crippen LogP contribution is -2.35. The lowest BCUT2D eigenvalue weighted by molar-refractivity contribution is -0.144. The molecule has 1 aliphatic carbocycles. The second-order valence-corrected chi connectivity index (χ2v) is 5.84. The van der Waals surface area contributed by atoms with Gasteiger partial charge in [0.1, 0.15) is 12.2 Å². The van der Waals surface area contributed by atoms with Gasteiger partial charge in [-0.2, -0.15) is 0 Å². The third-order valence-electron chi connectivity index (χ3n) is 4.09. The molecule has 1 saturated carbocycles. The van der Waals surface area contributed by atoms with Gasteiger partial charge >= 0.3 is 5.97 Å². The maximum Gasteiger partial charge on any atom is 0.325 e. The third-order valence-corrected chi connectivity index (χ3v) is 4.09. The Balaban J connectivity index is 1.71. The predicted molar refractivity (Wildman–Crippen MR) is 64.0 cm³/mol. The first-order valence-corrected chi connectivity index (χ1v) is 6.28. The number of nitrogens with zero attached hydrogens (tertiary/aromatic N) is 4. The van der Waals surface area contributed by atoms with Crippen molar-refractivity contribution in [2.24, 2.45) is 17.3 Å². The van der Waals surface area contributed by atoms with Crippen molar-refractivity contribution in [1.29, 1.82) is 0 Å². The van der Waals surface area contributed by atoms with Gasteiger partial charge in [-0.1, -0.05) is 19.1 Å². The minimum Gasteiger partial charge on any atom is -0.480 e. The molecule has 20 heavy (non-hydrogen) atoms. The van der Waals surface area contributed by atoms with Gasteiger partial charge in [0.2, 0.25) is 11.8 Å². The van der Waals surface area contributed by atoms with E-state index in [1.807, 2.05) is 13.8 Å². The summed E-state index contributed by atoms with van der Waals surface area (Å²) in [5.74, 6) is -1.80. The molecule has 2 aliphatic rings. The van der Waals surface area contributed by atoms with Crippen molar-refractivity contribution < 1.29 is 19.5 Å². The summed E-state index contributed by atoms with van der Waals surface area (Å²) in [7, 11) is 0. The number of carboxylic acid groups (broad SMARTS) is 1. The van der Waals surface area contributed by atoms with Crippen LogP contribution in [0, 0.1) is 17.3 Å². The van der Waals surface area contributed by atoms with E-state index in [0.717, 1.165) is 4.68 Å². The molecule has 0 spiro atoms. The molecule has 1 aliphatic heterocycles. The Morgan fingerprint density at radius 1 is 1.35 bits per heavy atom. The van der Waals surface area contributed by atoms with Crippen LogP contribution in [-0.4, -0.2) is 42.8 Å². The van der Waals surface area contributed by atoms with Crippen molar-refractivity contribution in [2.45, 2.75) is 26.9 Å². The van der Waals surface area contributed by atoms with Crippen LogP contribution in [-0.2, 0) is 27.5 Å². The Morgan fingerprint density at radius 3 is 2.50 bits per heavy atom. The van der Waals surface area contributed by atoms with E-state index in [-0.39, 0.29) is 42.2 Å². The Hall–Kier alpha value is -2.25. The fourth-order valence-corrected chi connectivity index (χ4v) is 2.95. The highest BCUT2D eigenvalue weighted by atomic mass is 16.4. The van der Waals surface area contributed by atoms with E-state index < -0.39 is 5.97 Å². The van der Waals surface area contributed by atoms with Crippen molar-refractivity contribution in [1.82, 2.24) is 19.9 Å². The third kappa shape index (κ3) is 1.71. The molecule has 0 aromatic carbocycles. The second-order valence-electron chi connectivity index (χ2n) is 5.84. The van der Waals surface area contributed by atoms with Gasteiger partial charge in [-0.05, 0) is 5.41 Å². The quantitative estimate of drug-likeness (QED) is 0.745. The van der Waals surface area contributed by atoms with Crippen LogP contribution in [0.2, 0.25) is 0 Å². The van der Waals surface area contributed by atoms with Gasteiger partial charge in [-0.25, -0.2) is 4.68 Å². The Morgan fingerprint density at radius 2 is 1.95 bits per heavy atom. The zero-order valence-electron chi connectivity index (χ0n) is 11.1. The number of likely N-dealkylation sites (tertiary alicyclic amines) is 1. The van der Waals surface area contributed by atoms with E-state index in [0.29, 0.717) is 5.69 Å². The summed E-state index contributed by atoms with van der Waals surface area (Å²) in [6.45, 7) is 3.59. The first-order valence-electron chi connectivity index (χ1n) is 6.28. The molecule has 2 heterocycles. The minimum absolute atomic E-state index is 0.0559. The summed E-state index contributed by atoms with van der Waals surface area (Å²) < 4.78 is 1.16. The summed E-state index contributed by atoms with van der Waals surface area (Å²) in [6.07, 6.45) is 1.43. The fraction of sp³-hybridized carbons (Fsp3) is 0.583. The number of amides is 2. The Bertz CT molecular complexity index is 597. The minimum atomic E-state index is -1.03. The predicted octanol–water partition coefficient (Wildman–Crippen LogP) is -0.496.